The smallest absolute Gasteiger partial charge is 0.146 e. The SMILES string of the molecule is CCCCC/C=C\CP(=O)(c1ccccc1)c1ccccc1. The molecule has 2 rings (SSSR count). The Bertz CT molecular complexity index is 573. The molecule has 0 saturated carbocycles. The molecule has 2 aromatic carbocycles. The Hall–Kier alpha value is -1.59. The van der Waals surface area contributed by atoms with Crippen molar-refractivity contribution in [3.63, 3.8) is 0 Å². The number of allylic oxidation sites excluding steroid dienone is 2. The lowest BCUT2D eigenvalue weighted by atomic mass is 10.2. The van der Waals surface area contributed by atoms with Crippen molar-refractivity contribution in [2.75, 3.05) is 6.16 Å². The molecule has 2 heteroatoms. The molecular weight excluding hydrogens is 287 g/mol. The minimum atomic E-state index is -2.57. The minimum absolute atomic E-state index is 0.604. The first-order valence-electron chi connectivity index (χ1n) is 8.12. The molecule has 0 aromatic heterocycles. The number of benzene rings is 2. The van der Waals surface area contributed by atoms with E-state index in [4.69, 9.17) is 0 Å². The van der Waals surface area contributed by atoms with Gasteiger partial charge in [-0.25, -0.2) is 0 Å². The molecular formula is C20H25OP. The summed E-state index contributed by atoms with van der Waals surface area (Å²) in [7, 11) is -2.57. The van der Waals surface area contributed by atoms with Crippen molar-refractivity contribution in [3.8, 4) is 0 Å². The molecule has 0 radical (unpaired) electrons. The highest BCUT2D eigenvalue weighted by Crippen LogP contribution is 2.43. The molecule has 0 atom stereocenters. The first-order chi connectivity index (χ1) is 10.8. The van der Waals surface area contributed by atoms with Crippen LogP contribution in [0, 0.1) is 0 Å². The van der Waals surface area contributed by atoms with Gasteiger partial charge in [-0.2, -0.15) is 0 Å². The average molecular weight is 312 g/mol. The van der Waals surface area contributed by atoms with Crippen LogP contribution in [-0.2, 0) is 4.57 Å². The zero-order valence-corrected chi connectivity index (χ0v) is 14.2. The monoisotopic (exact) mass is 312 g/mol. The van der Waals surface area contributed by atoms with Crippen molar-refractivity contribution in [1.29, 1.82) is 0 Å². The van der Waals surface area contributed by atoms with Gasteiger partial charge in [-0.1, -0.05) is 92.6 Å². The zero-order valence-electron chi connectivity index (χ0n) is 13.3. The van der Waals surface area contributed by atoms with Crippen molar-refractivity contribution in [2.45, 2.75) is 32.6 Å². The molecule has 0 amide bonds. The Balaban J connectivity index is 2.19. The first kappa shape index (κ1) is 16.8. The van der Waals surface area contributed by atoms with Crippen molar-refractivity contribution >= 4 is 17.8 Å². The second-order valence-electron chi connectivity index (χ2n) is 5.56. The molecule has 0 N–H and O–H groups in total. The van der Waals surface area contributed by atoms with Gasteiger partial charge in [0.1, 0.15) is 7.14 Å². The lowest BCUT2D eigenvalue weighted by molar-refractivity contribution is 0.588. The molecule has 0 heterocycles. The molecule has 0 aliphatic heterocycles. The van der Waals surface area contributed by atoms with Gasteiger partial charge in [-0.05, 0) is 12.8 Å². The van der Waals surface area contributed by atoms with E-state index in [1.807, 2.05) is 60.7 Å². The summed E-state index contributed by atoms with van der Waals surface area (Å²) in [6, 6.07) is 19.8. The van der Waals surface area contributed by atoms with Crippen molar-refractivity contribution in [2.24, 2.45) is 0 Å². The Morgan fingerprint density at radius 1 is 0.818 bits per heavy atom. The third-order valence-corrected chi connectivity index (χ3v) is 6.84. The van der Waals surface area contributed by atoms with E-state index in [1.165, 1.54) is 19.3 Å². The molecule has 0 aliphatic carbocycles. The largest absolute Gasteiger partial charge is 0.313 e. The summed E-state index contributed by atoms with van der Waals surface area (Å²) in [5, 5.41) is 1.89. The maximum atomic E-state index is 13.7. The van der Waals surface area contributed by atoms with Crippen LogP contribution in [0.25, 0.3) is 0 Å². The molecule has 0 fully saturated rings. The fourth-order valence-corrected chi connectivity index (χ4v) is 5.02. The molecule has 22 heavy (non-hydrogen) atoms. The average Bonchev–Trinajstić information content (AvgIpc) is 2.59. The van der Waals surface area contributed by atoms with Crippen molar-refractivity contribution in [1.82, 2.24) is 0 Å². The van der Waals surface area contributed by atoms with Crippen LogP contribution in [0.5, 0.6) is 0 Å². The summed E-state index contributed by atoms with van der Waals surface area (Å²) in [6.07, 6.45) is 9.70. The second kappa shape index (κ2) is 8.76. The number of rotatable bonds is 8. The van der Waals surface area contributed by atoms with E-state index < -0.39 is 7.14 Å². The van der Waals surface area contributed by atoms with Crippen LogP contribution < -0.4 is 10.6 Å². The Kier molecular flexibility index (Phi) is 6.68. The summed E-state index contributed by atoms with van der Waals surface area (Å²) in [4.78, 5) is 0. The Labute approximate surface area is 134 Å². The van der Waals surface area contributed by atoms with Crippen LogP contribution in [0.1, 0.15) is 32.6 Å². The minimum Gasteiger partial charge on any atom is -0.313 e. The molecule has 0 saturated heterocycles. The van der Waals surface area contributed by atoms with E-state index in [0.717, 1.165) is 17.0 Å². The van der Waals surface area contributed by atoms with Gasteiger partial charge in [-0.3, -0.25) is 0 Å². The van der Waals surface area contributed by atoms with Gasteiger partial charge in [-0.15, -0.1) is 0 Å². The summed E-state index contributed by atoms with van der Waals surface area (Å²) in [6.45, 7) is 2.21. The maximum absolute atomic E-state index is 13.7. The fraction of sp³-hybridized carbons (Fsp3) is 0.300. The number of hydrogen-bond donors (Lipinski definition) is 0. The molecule has 116 valence electrons. The maximum Gasteiger partial charge on any atom is 0.146 e. The summed E-state index contributed by atoms with van der Waals surface area (Å²) >= 11 is 0. The van der Waals surface area contributed by atoms with E-state index in [1.54, 1.807) is 0 Å². The van der Waals surface area contributed by atoms with Crippen molar-refractivity contribution < 1.29 is 4.57 Å². The lowest BCUT2D eigenvalue weighted by Gasteiger charge is -2.17. The molecule has 1 nitrogen and oxygen atoms in total. The highest BCUT2D eigenvalue weighted by atomic mass is 31.2. The summed E-state index contributed by atoms with van der Waals surface area (Å²) in [5.74, 6) is 0. The number of hydrogen-bond acceptors (Lipinski definition) is 1. The predicted octanol–water partition coefficient (Wildman–Crippen LogP) is 5.14. The molecule has 0 aliphatic rings. The molecule has 0 unspecified atom stereocenters. The van der Waals surface area contributed by atoms with Crippen LogP contribution in [0.2, 0.25) is 0 Å². The highest BCUT2D eigenvalue weighted by Gasteiger charge is 2.25. The first-order valence-corrected chi connectivity index (χ1v) is 10.0. The number of unbranched alkanes of at least 4 members (excludes halogenated alkanes) is 3. The normalized spacial score (nSPS) is 11.9. The van der Waals surface area contributed by atoms with Crippen molar-refractivity contribution in [3.05, 3.63) is 72.8 Å². The van der Waals surface area contributed by atoms with E-state index in [9.17, 15) is 4.57 Å². The third kappa shape index (κ3) is 4.45. The molecule has 0 spiro atoms. The second-order valence-corrected chi connectivity index (χ2v) is 8.44. The van der Waals surface area contributed by atoms with Gasteiger partial charge in [0.2, 0.25) is 0 Å². The van der Waals surface area contributed by atoms with Crippen LogP contribution in [0.4, 0.5) is 0 Å². The van der Waals surface area contributed by atoms with Crippen LogP contribution in [-0.4, -0.2) is 6.16 Å². The highest BCUT2D eigenvalue weighted by molar-refractivity contribution is 7.78. The van der Waals surface area contributed by atoms with Gasteiger partial charge in [0.25, 0.3) is 0 Å². The van der Waals surface area contributed by atoms with Gasteiger partial charge in [0.05, 0.1) is 0 Å². The Morgan fingerprint density at radius 3 is 1.86 bits per heavy atom. The zero-order chi connectivity index (χ0) is 15.7. The van der Waals surface area contributed by atoms with Gasteiger partial charge < -0.3 is 4.57 Å². The van der Waals surface area contributed by atoms with Crippen LogP contribution in [0.15, 0.2) is 72.8 Å². The van der Waals surface area contributed by atoms with Crippen LogP contribution in [0.3, 0.4) is 0 Å². The van der Waals surface area contributed by atoms with E-state index in [0.29, 0.717) is 6.16 Å². The quantitative estimate of drug-likeness (QED) is 0.375. The van der Waals surface area contributed by atoms with Crippen LogP contribution >= 0.6 is 7.14 Å². The molecule has 2 aromatic rings. The topological polar surface area (TPSA) is 17.1 Å². The van der Waals surface area contributed by atoms with E-state index >= 15 is 0 Å². The lowest BCUT2D eigenvalue weighted by Crippen LogP contribution is -2.17. The summed E-state index contributed by atoms with van der Waals surface area (Å²) < 4.78 is 13.7. The predicted molar refractivity (Wildman–Crippen MR) is 97.9 cm³/mol. The molecule has 0 bridgehead atoms. The van der Waals surface area contributed by atoms with E-state index in [-0.39, 0.29) is 0 Å². The van der Waals surface area contributed by atoms with Gasteiger partial charge in [0.15, 0.2) is 0 Å². The Morgan fingerprint density at radius 2 is 1.36 bits per heavy atom. The van der Waals surface area contributed by atoms with E-state index in [2.05, 4.69) is 19.1 Å². The third-order valence-electron chi connectivity index (χ3n) is 3.85. The standard InChI is InChI=1S/C20H25OP/c1-2-3-4-5-6-13-18-22(21,19-14-9-7-10-15-19)20-16-11-8-12-17-20/h6-17H,2-5,18H2,1H3/b13-6-. The fourth-order valence-electron chi connectivity index (χ4n) is 2.55. The summed E-state index contributed by atoms with van der Waals surface area (Å²) in [5.41, 5.74) is 0. The van der Waals surface area contributed by atoms with Gasteiger partial charge in [0, 0.05) is 16.8 Å². The van der Waals surface area contributed by atoms with Gasteiger partial charge >= 0.3 is 0 Å².